The number of piperidine rings is 1. The molecule has 2 saturated heterocycles. The van der Waals surface area contributed by atoms with E-state index in [0.717, 1.165) is 19.4 Å². The Labute approximate surface area is 148 Å². The Kier molecular flexibility index (Phi) is 7.19. The molecule has 2 unspecified atom stereocenters. The molecule has 0 aliphatic carbocycles. The first-order valence-electron chi connectivity index (χ1n) is 8.87. The SMILES string of the molecule is CC(OCC1CCCO1)C(=O)N(C)CC(=O)N1CCC(C(=O)O)CC1. The van der Waals surface area contributed by atoms with Gasteiger partial charge in [-0.3, -0.25) is 14.4 Å². The zero-order valence-corrected chi connectivity index (χ0v) is 15.0. The second-order valence-electron chi connectivity index (χ2n) is 6.80. The summed E-state index contributed by atoms with van der Waals surface area (Å²) in [5.74, 6) is -1.59. The predicted molar refractivity (Wildman–Crippen MR) is 89.0 cm³/mol. The molecular weight excluding hydrogens is 328 g/mol. The van der Waals surface area contributed by atoms with Crippen LogP contribution in [0.2, 0.25) is 0 Å². The lowest BCUT2D eigenvalue weighted by atomic mass is 9.97. The average molecular weight is 356 g/mol. The molecule has 2 aliphatic rings. The van der Waals surface area contributed by atoms with Gasteiger partial charge < -0.3 is 24.4 Å². The Bertz CT molecular complexity index is 484. The van der Waals surface area contributed by atoms with Gasteiger partial charge in [0.15, 0.2) is 0 Å². The lowest BCUT2D eigenvalue weighted by Crippen LogP contribution is -2.47. The third-order valence-corrected chi connectivity index (χ3v) is 4.85. The summed E-state index contributed by atoms with van der Waals surface area (Å²) in [5, 5.41) is 8.99. The summed E-state index contributed by atoms with van der Waals surface area (Å²) in [4.78, 5) is 38.6. The van der Waals surface area contributed by atoms with Crippen LogP contribution in [-0.2, 0) is 23.9 Å². The molecule has 0 aromatic carbocycles. The predicted octanol–water partition coefficient (Wildman–Crippen LogP) is 0.352. The van der Waals surface area contributed by atoms with Gasteiger partial charge >= 0.3 is 5.97 Å². The summed E-state index contributed by atoms with van der Waals surface area (Å²) >= 11 is 0. The zero-order valence-electron chi connectivity index (χ0n) is 15.0. The summed E-state index contributed by atoms with van der Waals surface area (Å²) < 4.78 is 11.0. The molecule has 2 aliphatic heterocycles. The van der Waals surface area contributed by atoms with Gasteiger partial charge in [0, 0.05) is 26.7 Å². The number of likely N-dealkylation sites (tertiary alicyclic amines) is 1. The van der Waals surface area contributed by atoms with Crippen molar-refractivity contribution in [2.75, 3.05) is 39.9 Å². The minimum Gasteiger partial charge on any atom is -0.481 e. The van der Waals surface area contributed by atoms with Crippen molar-refractivity contribution in [3.05, 3.63) is 0 Å². The van der Waals surface area contributed by atoms with Gasteiger partial charge in [-0.15, -0.1) is 0 Å². The average Bonchev–Trinajstić information content (AvgIpc) is 3.12. The number of ether oxygens (including phenoxy) is 2. The fraction of sp³-hybridized carbons (Fsp3) is 0.824. The van der Waals surface area contributed by atoms with E-state index in [9.17, 15) is 14.4 Å². The molecule has 1 N–H and O–H groups in total. The molecule has 0 aromatic rings. The quantitative estimate of drug-likeness (QED) is 0.707. The molecule has 8 heteroatoms. The van der Waals surface area contributed by atoms with E-state index >= 15 is 0 Å². The van der Waals surface area contributed by atoms with Gasteiger partial charge in [0.25, 0.3) is 5.91 Å². The van der Waals surface area contributed by atoms with Gasteiger partial charge in [-0.05, 0) is 32.6 Å². The van der Waals surface area contributed by atoms with Crippen LogP contribution in [0.5, 0.6) is 0 Å². The molecule has 2 rings (SSSR count). The topological polar surface area (TPSA) is 96.4 Å². The molecule has 142 valence electrons. The van der Waals surface area contributed by atoms with Gasteiger partial charge in [0.2, 0.25) is 5.91 Å². The maximum atomic E-state index is 12.3. The van der Waals surface area contributed by atoms with Crippen molar-refractivity contribution in [1.82, 2.24) is 9.80 Å². The number of likely N-dealkylation sites (N-methyl/N-ethyl adjacent to an activating group) is 1. The van der Waals surface area contributed by atoms with Crippen LogP contribution in [0, 0.1) is 5.92 Å². The van der Waals surface area contributed by atoms with Gasteiger partial charge in [-0.1, -0.05) is 0 Å². The van der Waals surface area contributed by atoms with Crippen LogP contribution in [0.25, 0.3) is 0 Å². The first-order valence-corrected chi connectivity index (χ1v) is 8.87. The highest BCUT2D eigenvalue weighted by atomic mass is 16.5. The summed E-state index contributed by atoms with van der Waals surface area (Å²) in [6, 6.07) is 0. The van der Waals surface area contributed by atoms with Gasteiger partial charge in [-0.2, -0.15) is 0 Å². The van der Waals surface area contributed by atoms with E-state index in [1.807, 2.05) is 0 Å². The van der Waals surface area contributed by atoms with Crippen molar-refractivity contribution in [2.24, 2.45) is 5.92 Å². The van der Waals surface area contributed by atoms with E-state index in [-0.39, 0.29) is 30.4 Å². The van der Waals surface area contributed by atoms with Gasteiger partial charge in [0.05, 0.1) is 25.2 Å². The third kappa shape index (κ3) is 5.67. The number of hydrogen-bond donors (Lipinski definition) is 1. The Balaban J connectivity index is 1.72. The molecule has 2 fully saturated rings. The van der Waals surface area contributed by atoms with Crippen LogP contribution in [0.1, 0.15) is 32.6 Å². The first kappa shape index (κ1) is 19.7. The van der Waals surface area contributed by atoms with E-state index in [0.29, 0.717) is 32.5 Å². The largest absolute Gasteiger partial charge is 0.481 e. The molecule has 2 amide bonds. The fourth-order valence-electron chi connectivity index (χ4n) is 3.17. The molecule has 8 nitrogen and oxygen atoms in total. The highest BCUT2D eigenvalue weighted by molar-refractivity contribution is 5.86. The molecule has 0 spiro atoms. The Morgan fingerprint density at radius 1 is 1.28 bits per heavy atom. The van der Waals surface area contributed by atoms with E-state index in [1.54, 1.807) is 18.9 Å². The number of carbonyl (C=O) groups excluding carboxylic acids is 2. The summed E-state index contributed by atoms with van der Waals surface area (Å²) in [6.07, 6.45) is 2.31. The summed E-state index contributed by atoms with van der Waals surface area (Å²) in [6.45, 7) is 3.62. The number of carboxylic acid groups (broad SMARTS) is 1. The number of nitrogens with zero attached hydrogens (tertiary/aromatic N) is 2. The van der Waals surface area contributed by atoms with Crippen LogP contribution in [-0.4, -0.2) is 84.8 Å². The second-order valence-corrected chi connectivity index (χ2v) is 6.80. The van der Waals surface area contributed by atoms with Crippen molar-refractivity contribution in [3.63, 3.8) is 0 Å². The summed E-state index contributed by atoms with van der Waals surface area (Å²) in [5.41, 5.74) is 0. The smallest absolute Gasteiger partial charge is 0.306 e. The third-order valence-electron chi connectivity index (χ3n) is 4.85. The fourth-order valence-corrected chi connectivity index (χ4v) is 3.17. The summed E-state index contributed by atoms with van der Waals surface area (Å²) in [7, 11) is 1.58. The lowest BCUT2D eigenvalue weighted by molar-refractivity contribution is -0.149. The molecule has 2 atom stereocenters. The van der Waals surface area contributed by atoms with E-state index in [4.69, 9.17) is 14.6 Å². The maximum absolute atomic E-state index is 12.3. The number of carbonyl (C=O) groups is 3. The number of carboxylic acids is 1. The standard InChI is InChI=1S/C17H28N2O6/c1-12(25-11-14-4-3-9-24-14)16(21)18(2)10-15(20)19-7-5-13(6-8-19)17(22)23/h12-14H,3-11H2,1-2H3,(H,22,23). The Morgan fingerprint density at radius 3 is 2.52 bits per heavy atom. The van der Waals surface area contributed by atoms with E-state index in [1.165, 1.54) is 4.90 Å². The van der Waals surface area contributed by atoms with Crippen molar-refractivity contribution in [3.8, 4) is 0 Å². The normalized spacial score (nSPS) is 22.6. The number of rotatable bonds is 7. The minimum absolute atomic E-state index is 0.0236. The van der Waals surface area contributed by atoms with E-state index in [2.05, 4.69) is 0 Å². The van der Waals surface area contributed by atoms with Crippen LogP contribution in [0.15, 0.2) is 0 Å². The number of aliphatic carboxylic acids is 1. The van der Waals surface area contributed by atoms with Gasteiger partial charge in [-0.25, -0.2) is 0 Å². The molecule has 0 radical (unpaired) electrons. The molecule has 2 heterocycles. The molecule has 0 saturated carbocycles. The van der Waals surface area contributed by atoms with Crippen LogP contribution < -0.4 is 0 Å². The Hall–Kier alpha value is -1.67. The van der Waals surface area contributed by atoms with Crippen LogP contribution in [0.3, 0.4) is 0 Å². The first-order chi connectivity index (χ1) is 11.9. The number of hydrogen-bond acceptors (Lipinski definition) is 5. The molecule has 0 bridgehead atoms. The van der Waals surface area contributed by atoms with Crippen molar-refractivity contribution in [1.29, 1.82) is 0 Å². The molecular formula is C17H28N2O6. The highest BCUT2D eigenvalue weighted by Crippen LogP contribution is 2.17. The highest BCUT2D eigenvalue weighted by Gasteiger charge is 2.29. The minimum atomic E-state index is -0.809. The molecule has 0 aromatic heterocycles. The van der Waals surface area contributed by atoms with E-state index < -0.39 is 12.1 Å². The maximum Gasteiger partial charge on any atom is 0.306 e. The zero-order chi connectivity index (χ0) is 18.4. The lowest BCUT2D eigenvalue weighted by Gasteiger charge is -2.31. The van der Waals surface area contributed by atoms with Crippen LogP contribution in [0.4, 0.5) is 0 Å². The Morgan fingerprint density at radius 2 is 1.96 bits per heavy atom. The van der Waals surface area contributed by atoms with Crippen molar-refractivity contribution < 1.29 is 29.0 Å². The van der Waals surface area contributed by atoms with Crippen LogP contribution >= 0.6 is 0 Å². The monoisotopic (exact) mass is 356 g/mol. The molecule has 25 heavy (non-hydrogen) atoms. The van der Waals surface area contributed by atoms with Crippen molar-refractivity contribution >= 4 is 17.8 Å². The van der Waals surface area contributed by atoms with Gasteiger partial charge in [0.1, 0.15) is 6.10 Å². The number of amides is 2. The van der Waals surface area contributed by atoms with Crippen molar-refractivity contribution in [2.45, 2.75) is 44.8 Å². The second kappa shape index (κ2) is 9.15.